The largest absolute Gasteiger partial charge is 0.380 e. The second-order valence-electron chi connectivity index (χ2n) is 3.80. The van der Waals surface area contributed by atoms with Gasteiger partial charge in [0.05, 0.1) is 4.47 Å². The number of rotatable bonds is 4. The second-order valence-corrected chi connectivity index (χ2v) is 5.50. The third kappa shape index (κ3) is 3.27. The smallest absolute Gasteiger partial charge is 0.137 e. The van der Waals surface area contributed by atoms with Crippen LogP contribution in [0.1, 0.15) is 5.56 Å². The highest BCUT2D eigenvalue weighted by Crippen LogP contribution is 2.25. The van der Waals surface area contributed by atoms with Crippen LogP contribution in [0.2, 0.25) is 0 Å². The highest BCUT2D eigenvalue weighted by molar-refractivity contribution is 9.10. The molecule has 0 saturated heterocycles. The Morgan fingerprint density at radius 1 is 1.22 bits per heavy atom. The van der Waals surface area contributed by atoms with Crippen molar-refractivity contribution in [2.45, 2.75) is 11.4 Å². The van der Waals surface area contributed by atoms with Crippen LogP contribution in [0.15, 0.2) is 51.8 Å². The predicted molar refractivity (Wildman–Crippen MR) is 79.6 cm³/mol. The van der Waals surface area contributed by atoms with E-state index in [1.54, 1.807) is 23.9 Å². The lowest BCUT2D eigenvalue weighted by molar-refractivity contribution is 0.619. The molecule has 0 fully saturated rings. The highest BCUT2D eigenvalue weighted by atomic mass is 79.9. The van der Waals surface area contributed by atoms with Gasteiger partial charge in [0.1, 0.15) is 5.82 Å². The van der Waals surface area contributed by atoms with Crippen molar-refractivity contribution >= 4 is 33.4 Å². The van der Waals surface area contributed by atoms with Gasteiger partial charge in [-0.05, 0) is 52.0 Å². The first-order chi connectivity index (χ1) is 8.70. The van der Waals surface area contributed by atoms with Crippen molar-refractivity contribution in [1.82, 2.24) is 0 Å². The monoisotopic (exact) mass is 325 g/mol. The average molecular weight is 326 g/mol. The molecule has 0 atom stereocenters. The molecular formula is C14H13BrFNS. The van der Waals surface area contributed by atoms with E-state index in [9.17, 15) is 4.39 Å². The van der Waals surface area contributed by atoms with Gasteiger partial charge in [0.25, 0.3) is 0 Å². The Kier molecular flexibility index (Phi) is 4.66. The molecule has 1 N–H and O–H groups in total. The van der Waals surface area contributed by atoms with E-state index in [2.05, 4.69) is 27.3 Å². The van der Waals surface area contributed by atoms with Gasteiger partial charge in [0.2, 0.25) is 0 Å². The van der Waals surface area contributed by atoms with Crippen molar-refractivity contribution in [3.05, 3.63) is 58.3 Å². The van der Waals surface area contributed by atoms with E-state index in [1.807, 2.05) is 30.5 Å². The summed E-state index contributed by atoms with van der Waals surface area (Å²) in [5.41, 5.74) is 2.00. The Labute approximate surface area is 119 Å². The van der Waals surface area contributed by atoms with Gasteiger partial charge >= 0.3 is 0 Å². The Morgan fingerprint density at radius 3 is 2.72 bits per heavy atom. The zero-order valence-electron chi connectivity index (χ0n) is 9.91. The summed E-state index contributed by atoms with van der Waals surface area (Å²) in [5, 5.41) is 3.32. The first-order valence-electron chi connectivity index (χ1n) is 5.51. The molecular weight excluding hydrogens is 313 g/mol. The summed E-state index contributed by atoms with van der Waals surface area (Å²) < 4.78 is 13.9. The summed E-state index contributed by atoms with van der Waals surface area (Å²) >= 11 is 4.84. The normalized spacial score (nSPS) is 10.4. The third-order valence-corrected chi connectivity index (χ3v) is 4.01. The lowest BCUT2D eigenvalue weighted by Gasteiger charge is -2.10. The maximum absolute atomic E-state index is 13.4. The van der Waals surface area contributed by atoms with E-state index in [0.29, 0.717) is 11.0 Å². The van der Waals surface area contributed by atoms with E-state index in [4.69, 9.17) is 0 Å². The molecule has 1 nitrogen and oxygen atoms in total. The van der Waals surface area contributed by atoms with E-state index in [-0.39, 0.29) is 5.82 Å². The Bertz CT molecular complexity index is 545. The maximum Gasteiger partial charge on any atom is 0.137 e. The van der Waals surface area contributed by atoms with Crippen molar-refractivity contribution in [2.24, 2.45) is 0 Å². The summed E-state index contributed by atoms with van der Waals surface area (Å²) in [6.45, 7) is 0.613. The van der Waals surface area contributed by atoms with Gasteiger partial charge in [-0.15, -0.1) is 11.8 Å². The van der Waals surface area contributed by atoms with Crippen LogP contribution in [0.25, 0.3) is 0 Å². The number of hydrogen-bond donors (Lipinski definition) is 1. The first kappa shape index (κ1) is 13.4. The molecule has 0 amide bonds. The topological polar surface area (TPSA) is 12.0 Å². The number of thioether (sulfide) groups is 1. The summed E-state index contributed by atoms with van der Waals surface area (Å²) in [6, 6.07) is 13.3. The van der Waals surface area contributed by atoms with Gasteiger partial charge in [-0.1, -0.05) is 18.2 Å². The molecule has 0 unspecified atom stereocenters. The Balaban J connectivity index is 2.09. The van der Waals surface area contributed by atoms with Gasteiger partial charge in [-0.3, -0.25) is 0 Å². The molecule has 2 aromatic carbocycles. The van der Waals surface area contributed by atoms with Gasteiger partial charge in [0.15, 0.2) is 0 Å². The second kappa shape index (κ2) is 6.25. The quantitative estimate of drug-likeness (QED) is 0.800. The summed E-state index contributed by atoms with van der Waals surface area (Å²) in [7, 11) is 0. The van der Waals surface area contributed by atoms with Gasteiger partial charge in [-0.25, -0.2) is 4.39 Å². The molecule has 0 aromatic heterocycles. The summed E-state index contributed by atoms with van der Waals surface area (Å²) in [5.74, 6) is -0.229. The number of halogens is 2. The summed E-state index contributed by atoms with van der Waals surface area (Å²) in [4.78, 5) is 1.19. The minimum absolute atomic E-state index is 0.229. The molecule has 0 saturated carbocycles. The lowest BCUT2D eigenvalue weighted by atomic mass is 10.2. The molecule has 2 aromatic rings. The van der Waals surface area contributed by atoms with Crippen LogP contribution in [0.4, 0.5) is 10.1 Å². The molecule has 0 radical (unpaired) electrons. The van der Waals surface area contributed by atoms with E-state index >= 15 is 0 Å². The minimum atomic E-state index is -0.229. The fourth-order valence-corrected chi connectivity index (χ4v) is 2.46. The van der Waals surface area contributed by atoms with Gasteiger partial charge in [0, 0.05) is 17.1 Å². The van der Waals surface area contributed by atoms with Crippen molar-refractivity contribution in [2.75, 3.05) is 11.6 Å². The molecule has 4 heteroatoms. The number of para-hydroxylation sites is 1. The molecule has 94 valence electrons. The van der Waals surface area contributed by atoms with Crippen LogP contribution >= 0.6 is 27.7 Å². The lowest BCUT2D eigenvalue weighted by Crippen LogP contribution is -2.00. The van der Waals surface area contributed by atoms with Gasteiger partial charge < -0.3 is 5.32 Å². The van der Waals surface area contributed by atoms with Crippen LogP contribution in [0.5, 0.6) is 0 Å². The van der Waals surface area contributed by atoms with Crippen molar-refractivity contribution in [1.29, 1.82) is 0 Å². The molecule has 0 aliphatic heterocycles. The van der Waals surface area contributed by atoms with Gasteiger partial charge in [-0.2, -0.15) is 0 Å². The van der Waals surface area contributed by atoms with Crippen LogP contribution in [0, 0.1) is 5.82 Å². The predicted octanol–water partition coefficient (Wildman–Crippen LogP) is 4.92. The van der Waals surface area contributed by atoms with Crippen LogP contribution in [-0.4, -0.2) is 6.26 Å². The molecule has 2 rings (SSSR count). The van der Waals surface area contributed by atoms with Crippen LogP contribution < -0.4 is 5.32 Å². The van der Waals surface area contributed by atoms with Crippen LogP contribution in [0.3, 0.4) is 0 Å². The third-order valence-electron chi connectivity index (χ3n) is 2.57. The molecule has 0 bridgehead atoms. The summed E-state index contributed by atoms with van der Waals surface area (Å²) in [6.07, 6.45) is 2.04. The number of anilines is 1. The average Bonchev–Trinajstić information content (AvgIpc) is 2.40. The fraction of sp³-hybridized carbons (Fsp3) is 0.143. The van der Waals surface area contributed by atoms with E-state index < -0.39 is 0 Å². The maximum atomic E-state index is 13.4. The first-order valence-corrected chi connectivity index (χ1v) is 7.53. The molecule has 0 aliphatic rings. The zero-order chi connectivity index (χ0) is 13.0. The highest BCUT2D eigenvalue weighted by Gasteiger charge is 2.02. The SMILES string of the molecule is CSc1ccccc1NCc1ccc(Br)c(F)c1. The van der Waals surface area contributed by atoms with E-state index in [1.165, 1.54) is 4.90 Å². The van der Waals surface area contributed by atoms with Crippen molar-refractivity contribution < 1.29 is 4.39 Å². The fourth-order valence-electron chi connectivity index (χ4n) is 1.64. The van der Waals surface area contributed by atoms with Crippen molar-refractivity contribution in [3.63, 3.8) is 0 Å². The molecule has 0 heterocycles. The number of benzene rings is 2. The number of nitrogens with one attached hydrogen (secondary N) is 1. The molecule has 18 heavy (non-hydrogen) atoms. The Morgan fingerprint density at radius 2 is 2.00 bits per heavy atom. The van der Waals surface area contributed by atoms with Crippen molar-refractivity contribution in [3.8, 4) is 0 Å². The minimum Gasteiger partial charge on any atom is -0.380 e. The molecule has 0 spiro atoms. The Hall–Kier alpha value is -1.000. The van der Waals surface area contributed by atoms with E-state index in [0.717, 1.165) is 11.3 Å². The molecule has 0 aliphatic carbocycles. The standard InChI is InChI=1S/C14H13BrFNS/c1-18-14-5-3-2-4-13(14)17-9-10-6-7-11(15)12(16)8-10/h2-8,17H,9H2,1H3. The zero-order valence-corrected chi connectivity index (χ0v) is 12.3. The van der Waals surface area contributed by atoms with Crippen LogP contribution in [-0.2, 0) is 6.54 Å². The number of hydrogen-bond acceptors (Lipinski definition) is 2.